The Hall–Kier alpha value is -1.69. The van der Waals surface area contributed by atoms with Gasteiger partial charge < -0.3 is 5.32 Å². The van der Waals surface area contributed by atoms with E-state index in [2.05, 4.69) is 15.3 Å². The third-order valence-electron chi connectivity index (χ3n) is 2.33. The molecule has 0 saturated carbocycles. The second kappa shape index (κ2) is 6.17. The highest BCUT2D eigenvalue weighted by atomic mass is 35.5. The molecule has 0 aromatic carbocycles. The zero-order valence-corrected chi connectivity index (χ0v) is 12.1. The Kier molecular flexibility index (Phi) is 4.54. The van der Waals surface area contributed by atoms with Crippen LogP contribution in [0.2, 0.25) is 15.2 Å². The van der Waals surface area contributed by atoms with E-state index in [0.717, 1.165) is 0 Å². The van der Waals surface area contributed by atoms with Gasteiger partial charge in [-0.25, -0.2) is 4.98 Å². The topological polar surface area (TPSA) is 78.7 Å². The molecule has 2 aromatic rings. The number of amidine groups is 1. The summed E-state index contributed by atoms with van der Waals surface area (Å²) in [6, 6.07) is 3.00. The Labute approximate surface area is 129 Å². The van der Waals surface area contributed by atoms with E-state index in [-0.39, 0.29) is 26.6 Å². The van der Waals surface area contributed by atoms with Crippen molar-refractivity contribution in [1.29, 1.82) is 5.41 Å². The van der Waals surface area contributed by atoms with Crippen LogP contribution in [0.25, 0.3) is 0 Å². The third-order valence-corrected chi connectivity index (χ3v) is 3.11. The van der Waals surface area contributed by atoms with Gasteiger partial charge >= 0.3 is 0 Å². The highest BCUT2D eigenvalue weighted by Gasteiger charge is 2.17. The van der Waals surface area contributed by atoms with Gasteiger partial charge in [-0.15, -0.1) is 0 Å². The summed E-state index contributed by atoms with van der Waals surface area (Å²) in [5.41, 5.74) is 0.480. The molecular formula is C12H7Cl3N4O. The molecule has 20 heavy (non-hydrogen) atoms. The summed E-state index contributed by atoms with van der Waals surface area (Å²) >= 11 is 17.5. The fraction of sp³-hybridized carbons (Fsp3) is 0. The Morgan fingerprint density at radius 3 is 2.45 bits per heavy atom. The van der Waals surface area contributed by atoms with Crippen LogP contribution in [0.15, 0.2) is 30.7 Å². The highest BCUT2D eigenvalue weighted by Crippen LogP contribution is 2.22. The number of hydrogen-bond acceptors (Lipinski definition) is 4. The van der Waals surface area contributed by atoms with E-state index in [0.29, 0.717) is 5.56 Å². The molecule has 0 atom stereocenters. The van der Waals surface area contributed by atoms with Gasteiger partial charge in [0.25, 0.3) is 5.91 Å². The van der Waals surface area contributed by atoms with E-state index in [1.165, 1.54) is 24.7 Å². The van der Waals surface area contributed by atoms with Crippen molar-refractivity contribution >= 4 is 46.5 Å². The number of aromatic nitrogens is 2. The molecule has 5 nitrogen and oxygen atoms in total. The monoisotopic (exact) mass is 328 g/mol. The van der Waals surface area contributed by atoms with Crippen molar-refractivity contribution in [1.82, 2.24) is 15.3 Å². The summed E-state index contributed by atoms with van der Waals surface area (Å²) in [6.45, 7) is 0. The predicted octanol–water partition coefficient (Wildman–Crippen LogP) is 3.19. The van der Waals surface area contributed by atoms with Gasteiger partial charge in [0, 0.05) is 24.2 Å². The number of nitrogens with zero attached hydrogens (tertiary/aromatic N) is 2. The van der Waals surface area contributed by atoms with E-state index < -0.39 is 5.91 Å². The van der Waals surface area contributed by atoms with Crippen LogP contribution in [0, 0.1) is 5.41 Å². The Morgan fingerprint density at radius 1 is 1.20 bits per heavy atom. The molecule has 0 aliphatic carbocycles. The first-order valence-corrected chi connectivity index (χ1v) is 6.43. The summed E-state index contributed by atoms with van der Waals surface area (Å²) in [6.07, 6.45) is 4.04. The summed E-state index contributed by atoms with van der Waals surface area (Å²) in [4.78, 5) is 19.6. The predicted molar refractivity (Wildman–Crippen MR) is 77.8 cm³/mol. The van der Waals surface area contributed by atoms with Crippen molar-refractivity contribution in [2.75, 3.05) is 0 Å². The second-order valence-electron chi connectivity index (χ2n) is 3.67. The number of amides is 1. The van der Waals surface area contributed by atoms with E-state index in [9.17, 15) is 4.79 Å². The third kappa shape index (κ3) is 3.25. The molecule has 2 heterocycles. The minimum atomic E-state index is -0.597. The molecular weight excluding hydrogens is 323 g/mol. The van der Waals surface area contributed by atoms with Gasteiger partial charge in [0.2, 0.25) is 0 Å². The van der Waals surface area contributed by atoms with Crippen LogP contribution in [0.5, 0.6) is 0 Å². The molecule has 0 saturated heterocycles. The molecule has 0 spiro atoms. The Balaban J connectivity index is 2.22. The maximum atomic E-state index is 12.1. The number of carbonyl (C=O) groups excluding carboxylic acids is 1. The number of nitrogens with one attached hydrogen (secondary N) is 2. The largest absolute Gasteiger partial charge is 0.306 e. The fourth-order valence-electron chi connectivity index (χ4n) is 1.43. The van der Waals surface area contributed by atoms with Crippen molar-refractivity contribution in [2.24, 2.45) is 0 Å². The second-order valence-corrected chi connectivity index (χ2v) is 4.88. The smallest absolute Gasteiger partial charge is 0.259 e. The molecule has 2 aromatic heterocycles. The van der Waals surface area contributed by atoms with E-state index >= 15 is 0 Å². The first-order chi connectivity index (χ1) is 9.49. The molecule has 0 radical (unpaired) electrons. The Bertz CT molecular complexity index is 670. The molecule has 1 amide bonds. The number of pyridine rings is 2. The molecule has 0 bridgehead atoms. The number of carbonyl (C=O) groups is 1. The first kappa shape index (κ1) is 14.7. The van der Waals surface area contributed by atoms with E-state index in [1.807, 2.05) is 0 Å². The molecule has 8 heteroatoms. The van der Waals surface area contributed by atoms with Crippen LogP contribution in [-0.2, 0) is 0 Å². The number of halogens is 3. The summed E-state index contributed by atoms with van der Waals surface area (Å²) in [7, 11) is 0. The molecule has 0 fully saturated rings. The normalized spacial score (nSPS) is 10.2. The van der Waals surface area contributed by atoms with Crippen molar-refractivity contribution < 1.29 is 4.79 Å². The van der Waals surface area contributed by atoms with Gasteiger partial charge in [0.15, 0.2) is 0 Å². The van der Waals surface area contributed by atoms with Crippen LogP contribution >= 0.6 is 34.8 Å². The lowest BCUT2D eigenvalue weighted by Gasteiger charge is -2.09. The molecule has 2 rings (SSSR count). The summed E-state index contributed by atoms with van der Waals surface area (Å²) in [5.74, 6) is -0.733. The van der Waals surface area contributed by atoms with Crippen LogP contribution in [0.1, 0.15) is 15.9 Å². The van der Waals surface area contributed by atoms with Gasteiger partial charge in [-0.2, -0.15) is 0 Å². The van der Waals surface area contributed by atoms with Gasteiger partial charge in [0.05, 0.1) is 15.6 Å². The van der Waals surface area contributed by atoms with Crippen molar-refractivity contribution in [3.63, 3.8) is 0 Å². The minimum Gasteiger partial charge on any atom is -0.306 e. The molecule has 2 N–H and O–H groups in total. The van der Waals surface area contributed by atoms with Gasteiger partial charge in [-0.1, -0.05) is 34.8 Å². The maximum Gasteiger partial charge on any atom is 0.259 e. The molecule has 0 aliphatic rings. The van der Waals surface area contributed by atoms with Gasteiger partial charge in [-0.05, 0) is 12.1 Å². The molecule has 102 valence electrons. The average Bonchev–Trinajstić information content (AvgIpc) is 2.38. The maximum absolute atomic E-state index is 12.1. The quantitative estimate of drug-likeness (QED) is 0.504. The van der Waals surface area contributed by atoms with Crippen LogP contribution < -0.4 is 5.32 Å². The SMILES string of the molecule is N=C(NC(=O)c1c(Cl)cncc1Cl)c1ccnc(Cl)c1. The lowest BCUT2D eigenvalue weighted by molar-refractivity contribution is 0.0977. The zero-order chi connectivity index (χ0) is 14.7. The van der Waals surface area contributed by atoms with Gasteiger partial charge in [0.1, 0.15) is 11.0 Å². The average molecular weight is 330 g/mol. The highest BCUT2D eigenvalue weighted by molar-refractivity contribution is 6.40. The van der Waals surface area contributed by atoms with Crippen molar-refractivity contribution in [3.8, 4) is 0 Å². The van der Waals surface area contributed by atoms with Crippen LogP contribution in [0.3, 0.4) is 0 Å². The standard InChI is InChI=1S/C12H7Cl3N4O/c13-7-4-17-5-8(14)10(7)12(20)19-11(16)6-1-2-18-9(15)3-6/h1-5H,(H2,16,19,20). The van der Waals surface area contributed by atoms with Gasteiger partial charge in [-0.3, -0.25) is 15.2 Å². The Morgan fingerprint density at radius 2 is 1.85 bits per heavy atom. The van der Waals surface area contributed by atoms with E-state index in [1.54, 1.807) is 6.07 Å². The summed E-state index contributed by atoms with van der Waals surface area (Å²) < 4.78 is 0. The van der Waals surface area contributed by atoms with Crippen molar-refractivity contribution in [2.45, 2.75) is 0 Å². The zero-order valence-electron chi connectivity index (χ0n) is 9.82. The fourth-order valence-corrected chi connectivity index (χ4v) is 2.14. The lowest BCUT2D eigenvalue weighted by Crippen LogP contribution is -2.31. The number of rotatable bonds is 2. The summed E-state index contributed by atoms with van der Waals surface area (Å²) in [5, 5.41) is 10.6. The van der Waals surface area contributed by atoms with E-state index in [4.69, 9.17) is 40.2 Å². The van der Waals surface area contributed by atoms with Crippen molar-refractivity contribution in [3.05, 3.63) is 57.0 Å². The van der Waals surface area contributed by atoms with Crippen LogP contribution in [0.4, 0.5) is 0 Å². The lowest BCUT2D eigenvalue weighted by atomic mass is 10.2. The number of hydrogen-bond donors (Lipinski definition) is 2. The molecule has 0 unspecified atom stereocenters. The van der Waals surface area contributed by atoms with Crippen LogP contribution in [-0.4, -0.2) is 21.7 Å². The first-order valence-electron chi connectivity index (χ1n) is 5.30. The minimum absolute atomic E-state index is 0.0632. The molecule has 0 aliphatic heterocycles.